The number of nitrogens with one attached hydrogen (secondary N) is 1. The summed E-state index contributed by atoms with van der Waals surface area (Å²) in [5.41, 5.74) is 1.72. The maximum absolute atomic E-state index is 12.0. The molecule has 7 nitrogen and oxygen atoms in total. The number of aryl methyl sites for hydroxylation is 1. The SMILES string of the molecule is COc1cccc(Cn2cc(NC(=O)CCn3cc(Cl)cn3)cn2)c1. The first-order valence-electron chi connectivity index (χ1n) is 7.75. The van der Waals surface area contributed by atoms with Crippen LogP contribution in [0.1, 0.15) is 12.0 Å². The second kappa shape index (κ2) is 7.85. The van der Waals surface area contributed by atoms with Gasteiger partial charge in [0, 0.05) is 25.4 Å². The van der Waals surface area contributed by atoms with E-state index in [0.29, 0.717) is 30.2 Å². The Morgan fingerprint density at radius 1 is 1.24 bits per heavy atom. The molecular formula is C17H18ClN5O2. The van der Waals surface area contributed by atoms with Crippen molar-refractivity contribution in [3.63, 3.8) is 0 Å². The number of benzene rings is 1. The number of rotatable bonds is 7. The molecule has 0 fully saturated rings. The summed E-state index contributed by atoms with van der Waals surface area (Å²) in [5.74, 6) is 0.699. The van der Waals surface area contributed by atoms with E-state index < -0.39 is 0 Å². The molecule has 0 saturated heterocycles. The average Bonchev–Trinajstić information content (AvgIpc) is 3.22. The van der Waals surface area contributed by atoms with Crippen molar-refractivity contribution in [2.45, 2.75) is 19.5 Å². The van der Waals surface area contributed by atoms with E-state index in [2.05, 4.69) is 15.5 Å². The van der Waals surface area contributed by atoms with Crippen LogP contribution in [0.5, 0.6) is 5.75 Å². The fraction of sp³-hybridized carbons (Fsp3) is 0.235. The third-order valence-corrected chi connectivity index (χ3v) is 3.76. The lowest BCUT2D eigenvalue weighted by atomic mass is 10.2. The highest BCUT2D eigenvalue weighted by molar-refractivity contribution is 6.30. The molecule has 2 heterocycles. The van der Waals surface area contributed by atoms with Gasteiger partial charge in [-0.15, -0.1) is 0 Å². The van der Waals surface area contributed by atoms with Crippen molar-refractivity contribution in [2.75, 3.05) is 12.4 Å². The molecule has 8 heteroatoms. The van der Waals surface area contributed by atoms with Gasteiger partial charge in [0.15, 0.2) is 0 Å². The van der Waals surface area contributed by atoms with Crippen LogP contribution in [0.2, 0.25) is 5.02 Å². The first kappa shape index (κ1) is 17.0. The monoisotopic (exact) mass is 359 g/mol. The molecule has 0 spiro atoms. The zero-order chi connectivity index (χ0) is 17.6. The van der Waals surface area contributed by atoms with Crippen molar-refractivity contribution in [1.82, 2.24) is 19.6 Å². The Labute approximate surface area is 150 Å². The van der Waals surface area contributed by atoms with Gasteiger partial charge in [-0.2, -0.15) is 10.2 Å². The van der Waals surface area contributed by atoms with Crippen molar-refractivity contribution in [3.8, 4) is 5.75 Å². The number of halogens is 1. The number of hydrogen-bond donors (Lipinski definition) is 1. The molecule has 1 aromatic carbocycles. The molecule has 1 amide bonds. The Morgan fingerprint density at radius 2 is 2.08 bits per heavy atom. The second-order valence-corrected chi connectivity index (χ2v) is 5.93. The van der Waals surface area contributed by atoms with E-state index in [4.69, 9.17) is 16.3 Å². The zero-order valence-corrected chi connectivity index (χ0v) is 14.5. The molecule has 0 bridgehead atoms. The topological polar surface area (TPSA) is 74.0 Å². The van der Waals surface area contributed by atoms with Gasteiger partial charge in [-0.05, 0) is 17.7 Å². The Kier molecular flexibility index (Phi) is 5.35. The molecule has 0 aliphatic carbocycles. The molecule has 3 aromatic rings. The zero-order valence-electron chi connectivity index (χ0n) is 13.7. The molecule has 0 saturated carbocycles. The lowest BCUT2D eigenvalue weighted by Crippen LogP contribution is -2.14. The molecule has 3 rings (SSSR count). The summed E-state index contributed by atoms with van der Waals surface area (Å²) >= 11 is 5.79. The molecule has 0 aliphatic heterocycles. The minimum absolute atomic E-state index is 0.104. The van der Waals surface area contributed by atoms with Gasteiger partial charge < -0.3 is 10.1 Å². The van der Waals surface area contributed by atoms with Gasteiger partial charge in [-0.3, -0.25) is 14.2 Å². The van der Waals surface area contributed by atoms with Crippen LogP contribution in [0.15, 0.2) is 49.1 Å². The fourth-order valence-corrected chi connectivity index (χ4v) is 2.53. The number of hydrogen-bond acceptors (Lipinski definition) is 4. The molecule has 0 atom stereocenters. The molecule has 25 heavy (non-hydrogen) atoms. The Morgan fingerprint density at radius 3 is 2.84 bits per heavy atom. The van der Waals surface area contributed by atoms with Crippen molar-refractivity contribution in [1.29, 1.82) is 0 Å². The number of carbonyl (C=O) groups excluding carboxylic acids is 1. The average molecular weight is 360 g/mol. The molecule has 0 radical (unpaired) electrons. The second-order valence-electron chi connectivity index (χ2n) is 5.50. The van der Waals surface area contributed by atoms with E-state index in [0.717, 1.165) is 11.3 Å². The molecule has 0 aliphatic rings. The predicted molar refractivity (Wildman–Crippen MR) is 94.8 cm³/mol. The van der Waals surface area contributed by atoms with Crippen LogP contribution >= 0.6 is 11.6 Å². The number of aromatic nitrogens is 4. The van der Waals surface area contributed by atoms with E-state index in [9.17, 15) is 4.79 Å². The number of amides is 1. The molecule has 130 valence electrons. The summed E-state index contributed by atoms with van der Waals surface area (Å²) in [7, 11) is 1.64. The van der Waals surface area contributed by atoms with Gasteiger partial charge in [-0.1, -0.05) is 23.7 Å². The molecular weight excluding hydrogens is 342 g/mol. The lowest BCUT2D eigenvalue weighted by Gasteiger charge is -2.05. The number of methoxy groups -OCH3 is 1. The van der Waals surface area contributed by atoms with Crippen molar-refractivity contribution >= 4 is 23.2 Å². The molecule has 2 aromatic heterocycles. The molecule has 0 unspecified atom stereocenters. The smallest absolute Gasteiger partial charge is 0.226 e. The van der Waals surface area contributed by atoms with E-state index in [1.54, 1.807) is 41.3 Å². The Balaban J connectivity index is 1.53. The minimum Gasteiger partial charge on any atom is -0.497 e. The standard InChI is InChI=1S/C17H18ClN5O2/c1-25-16-4-2-3-13(7-16)10-23-12-15(9-20-23)21-17(24)5-6-22-11-14(18)8-19-22/h2-4,7-9,11-12H,5-6,10H2,1H3,(H,21,24). The lowest BCUT2D eigenvalue weighted by molar-refractivity contribution is -0.116. The Hall–Kier alpha value is -2.80. The van der Waals surface area contributed by atoms with E-state index in [1.165, 1.54) is 0 Å². The van der Waals surface area contributed by atoms with Crippen LogP contribution in [-0.4, -0.2) is 32.6 Å². The number of carbonyl (C=O) groups is 1. The largest absolute Gasteiger partial charge is 0.497 e. The van der Waals surface area contributed by atoms with Crippen LogP contribution in [-0.2, 0) is 17.9 Å². The maximum Gasteiger partial charge on any atom is 0.226 e. The third kappa shape index (κ3) is 4.84. The summed E-state index contributed by atoms with van der Waals surface area (Å²) in [4.78, 5) is 12.0. The van der Waals surface area contributed by atoms with Gasteiger partial charge in [0.2, 0.25) is 5.91 Å². The van der Waals surface area contributed by atoms with Crippen molar-refractivity contribution < 1.29 is 9.53 Å². The first-order chi connectivity index (χ1) is 12.1. The number of ether oxygens (including phenoxy) is 1. The summed E-state index contributed by atoms with van der Waals surface area (Å²) in [6.07, 6.45) is 6.95. The van der Waals surface area contributed by atoms with Crippen LogP contribution in [0.25, 0.3) is 0 Å². The summed E-state index contributed by atoms with van der Waals surface area (Å²) < 4.78 is 8.61. The fourth-order valence-electron chi connectivity index (χ4n) is 2.37. The van der Waals surface area contributed by atoms with E-state index in [-0.39, 0.29) is 5.91 Å². The normalized spacial score (nSPS) is 10.6. The van der Waals surface area contributed by atoms with E-state index >= 15 is 0 Å². The number of anilines is 1. The van der Waals surface area contributed by atoms with Gasteiger partial charge in [-0.25, -0.2) is 0 Å². The van der Waals surface area contributed by atoms with Crippen LogP contribution in [0.4, 0.5) is 5.69 Å². The van der Waals surface area contributed by atoms with Crippen LogP contribution in [0.3, 0.4) is 0 Å². The highest BCUT2D eigenvalue weighted by Gasteiger charge is 2.06. The highest BCUT2D eigenvalue weighted by Crippen LogP contribution is 2.14. The number of nitrogens with zero attached hydrogens (tertiary/aromatic N) is 4. The van der Waals surface area contributed by atoms with Crippen LogP contribution < -0.4 is 10.1 Å². The van der Waals surface area contributed by atoms with Gasteiger partial charge in [0.25, 0.3) is 0 Å². The first-order valence-corrected chi connectivity index (χ1v) is 8.13. The van der Waals surface area contributed by atoms with Crippen molar-refractivity contribution in [2.24, 2.45) is 0 Å². The Bertz CT molecular complexity index is 858. The maximum atomic E-state index is 12.0. The van der Waals surface area contributed by atoms with Gasteiger partial charge in [0.05, 0.1) is 36.8 Å². The van der Waals surface area contributed by atoms with Crippen LogP contribution in [0, 0.1) is 0 Å². The van der Waals surface area contributed by atoms with Gasteiger partial charge in [0.1, 0.15) is 5.75 Å². The quantitative estimate of drug-likeness (QED) is 0.704. The van der Waals surface area contributed by atoms with Crippen molar-refractivity contribution in [3.05, 3.63) is 59.6 Å². The van der Waals surface area contributed by atoms with Gasteiger partial charge >= 0.3 is 0 Å². The highest BCUT2D eigenvalue weighted by atomic mass is 35.5. The predicted octanol–water partition coefficient (Wildman–Crippen LogP) is 2.82. The summed E-state index contributed by atoms with van der Waals surface area (Å²) in [5, 5.41) is 11.7. The summed E-state index contributed by atoms with van der Waals surface area (Å²) in [6.45, 7) is 1.06. The van der Waals surface area contributed by atoms with E-state index in [1.807, 2.05) is 24.3 Å². The molecule has 1 N–H and O–H groups in total. The summed E-state index contributed by atoms with van der Waals surface area (Å²) in [6, 6.07) is 7.78. The third-order valence-electron chi connectivity index (χ3n) is 3.57. The minimum atomic E-state index is -0.104.